The maximum absolute atomic E-state index is 12.4. The number of rotatable bonds is 4. The van der Waals surface area contributed by atoms with Gasteiger partial charge < -0.3 is 10.2 Å². The second-order valence-corrected chi connectivity index (χ2v) is 7.03. The molecule has 1 saturated heterocycles. The SMILES string of the molecule is CCc1nnc(NC(=O)C2CC(=O)N(c3cccc(C)c3C)C2)s1. The standard InChI is InChI=1S/C17H20N4O2S/c1-4-14-19-20-17(24-14)18-16(23)12-8-15(22)21(9-12)13-7-5-6-10(2)11(13)3/h5-7,12H,4,8-9H2,1-3H3,(H,18,20,23). The lowest BCUT2D eigenvalue weighted by Crippen LogP contribution is -2.28. The van der Waals surface area contributed by atoms with Gasteiger partial charge in [-0.1, -0.05) is 30.4 Å². The van der Waals surface area contributed by atoms with E-state index >= 15 is 0 Å². The highest BCUT2D eigenvalue weighted by atomic mass is 32.1. The molecule has 0 saturated carbocycles. The van der Waals surface area contributed by atoms with Gasteiger partial charge in [0.2, 0.25) is 16.9 Å². The highest BCUT2D eigenvalue weighted by Crippen LogP contribution is 2.30. The number of aryl methyl sites for hydroxylation is 2. The Kier molecular flexibility index (Phi) is 4.62. The van der Waals surface area contributed by atoms with E-state index in [2.05, 4.69) is 15.5 Å². The largest absolute Gasteiger partial charge is 0.311 e. The van der Waals surface area contributed by atoms with Crippen molar-refractivity contribution in [3.63, 3.8) is 0 Å². The van der Waals surface area contributed by atoms with E-state index in [4.69, 9.17) is 0 Å². The van der Waals surface area contributed by atoms with Crippen LogP contribution >= 0.6 is 11.3 Å². The van der Waals surface area contributed by atoms with Crippen molar-refractivity contribution >= 4 is 34.0 Å². The van der Waals surface area contributed by atoms with Gasteiger partial charge in [-0.25, -0.2) is 0 Å². The van der Waals surface area contributed by atoms with E-state index in [1.165, 1.54) is 11.3 Å². The quantitative estimate of drug-likeness (QED) is 0.925. The average Bonchev–Trinajstić information content (AvgIpc) is 3.16. The molecule has 126 valence electrons. The summed E-state index contributed by atoms with van der Waals surface area (Å²) in [5.41, 5.74) is 3.09. The third-order valence-electron chi connectivity index (χ3n) is 4.36. The Morgan fingerprint density at radius 3 is 2.88 bits per heavy atom. The van der Waals surface area contributed by atoms with Gasteiger partial charge in [-0.2, -0.15) is 0 Å². The summed E-state index contributed by atoms with van der Waals surface area (Å²) < 4.78 is 0. The van der Waals surface area contributed by atoms with Gasteiger partial charge in [-0.05, 0) is 37.5 Å². The number of nitrogens with zero attached hydrogens (tertiary/aromatic N) is 3. The first kappa shape index (κ1) is 16.6. The van der Waals surface area contributed by atoms with E-state index in [1.807, 2.05) is 39.0 Å². The Hall–Kier alpha value is -2.28. The lowest BCUT2D eigenvalue weighted by molar-refractivity contribution is -0.122. The number of benzene rings is 1. The van der Waals surface area contributed by atoms with Gasteiger partial charge >= 0.3 is 0 Å². The Morgan fingerprint density at radius 2 is 2.17 bits per heavy atom. The summed E-state index contributed by atoms with van der Waals surface area (Å²) in [6, 6.07) is 5.88. The summed E-state index contributed by atoms with van der Waals surface area (Å²) in [5.74, 6) is -0.559. The van der Waals surface area contributed by atoms with Gasteiger partial charge in [0.25, 0.3) is 0 Å². The molecule has 1 aliphatic rings. The molecule has 1 fully saturated rings. The number of carbonyl (C=O) groups excluding carboxylic acids is 2. The molecule has 1 aliphatic heterocycles. The van der Waals surface area contributed by atoms with Crippen LogP contribution in [0.2, 0.25) is 0 Å². The number of hydrogen-bond acceptors (Lipinski definition) is 5. The van der Waals surface area contributed by atoms with E-state index in [-0.39, 0.29) is 24.2 Å². The predicted octanol–water partition coefficient (Wildman–Crippen LogP) is 2.71. The average molecular weight is 344 g/mol. The van der Waals surface area contributed by atoms with Gasteiger partial charge in [0.1, 0.15) is 5.01 Å². The van der Waals surface area contributed by atoms with Gasteiger partial charge in [0.15, 0.2) is 0 Å². The molecule has 1 aromatic carbocycles. The molecule has 7 heteroatoms. The molecule has 1 aromatic heterocycles. The van der Waals surface area contributed by atoms with E-state index in [0.717, 1.165) is 28.2 Å². The highest BCUT2D eigenvalue weighted by Gasteiger charge is 2.36. The van der Waals surface area contributed by atoms with Crippen LogP contribution < -0.4 is 10.2 Å². The van der Waals surface area contributed by atoms with Gasteiger partial charge in [0, 0.05) is 18.7 Å². The molecule has 6 nitrogen and oxygen atoms in total. The third kappa shape index (κ3) is 3.17. The first-order valence-corrected chi connectivity index (χ1v) is 8.81. The maximum atomic E-state index is 12.4. The molecule has 0 spiro atoms. The minimum Gasteiger partial charge on any atom is -0.311 e. The van der Waals surface area contributed by atoms with E-state index in [0.29, 0.717) is 11.7 Å². The zero-order chi connectivity index (χ0) is 17.3. The van der Waals surface area contributed by atoms with Crippen molar-refractivity contribution in [1.82, 2.24) is 10.2 Å². The van der Waals surface area contributed by atoms with Gasteiger partial charge in [0.05, 0.1) is 5.92 Å². The Labute approximate surface area is 144 Å². The predicted molar refractivity (Wildman–Crippen MR) is 94.3 cm³/mol. The van der Waals surface area contributed by atoms with Crippen LogP contribution in [0.3, 0.4) is 0 Å². The van der Waals surface area contributed by atoms with E-state index < -0.39 is 0 Å². The summed E-state index contributed by atoms with van der Waals surface area (Å²) in [6.07, 6.45) is 1.01. The van der Waals surface area contributed by atoms with Crippen molar-refractivity contribution in [1.29, 1.82) is 0 Å². The maximum Gasteiger partial charge on any atom is 0.231 e. The smallest absolute Gasteiger partial charge is 0.231 e. The Bertz CT molecular complexity index is 787. The Balaban J connectivity index is 1.72. The first-order valence-electron chi connectivity index (χ1n) is 7.99. The lowest BCUT2D eigenvalue weighted by atomic mass is 10.1. The number of carbonyl (C=O) groups is 2. The van der Waals surface area contributed by atoms with Crippen LogP contribution in [0.5, 0.6) is 0 Å². The molecule has 2 heterocycles. The summed E-state index contributed by atoms with van der Waals surface area (Å²) in [5, 5.41) is 12.1. The Morgan fingerprint density at radius 1 is 1.38 bits per heavy atom. The molecule has 1 N–H and O–H groups in total. The number of hydrogen-bond donors (Lipinski definition) is 1. The van der Waals surface area contributed by atoms with Crippen LogP contribution in [0.25, 0.3) is 0 Å². The molecule has 0 aliphatic carbocycles. The lowest BCUT2D eigenvalue weighted by Gasteiger charge is -2.20. The highest BCUT2D eigenvalue weighted by molar-refractivity contribution is 7.15. The second kappa shape index (κ2) is 6.68. The van der Waals surface area contributed by atoms with Crippen LogP contribution in [0.4, 0.5) is 10.8 Å². The molecular weight excluding hydrogens is 324 g/mol. The number of amides is 2. The fraction of sp³-hybridized carbons (Fsp3) is 0.412. The fourth-order valence-electron chi connectivity index (χ4n) is 2.80. The fourth-order valence-corrected chi connectivity index (χ4v) is 3.48. The van der Waals surface area contributed by atoms with Crippen molar-refractivity contribution in [3.05, 3.63) is 34.3 Å². The minimum atomic E-state index is -0.369. The van der Waals surface area contributed by atoms with Crippen LogP contribution in [0.15, 0.2) is 18.2 Å². The summed E-state index contributed by atoms with van der Waals surface area (Å²) >= 11 is 1.37. The zero-order valence-corrected chi connectivity index (χ0v) is 14.8. The van der Waals surface area contributed by atoms with Crippen LogP contribution in [-0.2, 0) is 16.0 Å². The van der Waals surface area contributed by atoms with Crippen LogP contribution in [0.1, 0.15) is 29.5 Å². The van der Waals surface area contributed by atoms with Crippen LogP contribution in [-0.4, -0.2) is 28.6 Å². The third-order valence-corrected chi connectivity index (χ3v) is 5.35. The van der Waals surface area contributed by atoms with Gasteiger partial charge in [-0.3, -0.25) is 9.59 Å². The zero-order valence-electron chi connectivity index (χ0n) is 14.0. The second-order valence-electron chi connectivity index (χ2n) is 5.97. The van der Waals surface area contributed by atoms with Crippen molar-refractivity contribution in [2.75, 3.05) is 16.8 Å². The molecule has 3 rings (SSSR count). The van der Waals surface area contributed by atoms with Gasteiger partial charge in [-0.15, -0.1) is 10.2 Å². The monoisotopic (exact) mass is 344 g/mol. The summed E-state index contributed by atoms with van der Waals surface area (Å²) in [7, 11) is 0. The molecule has 24 heavy (non-hydrogen) atoms. The molecule has 0 bridgehead atoms. The van der Waals surface area contributed by atoms with E-state index in [1.54, 1.807) is 4.90 Å². The topological polar surface area (TPSA) is 75.2 Å². The van der Waals surface area contributed by atoms with Crippen molar-refractivity contribution in [3.8, 4) is 0 Å². The number of aromatic nitrogens is 2. The van der Waals surface area contributed by atoms with Crippen LogP contribution in [0, 0.1) is 19.8 Å². The number of nitrogens with one attached hydrogen (secondary N) is 1. The summed E-state index contributed by atoms with van der Waals surface area (Å²) in [4.78, 5) is 26.5. The molecule has 2 amide bonds. The molecular formula is C17H20N4O2S. The number of anilines is 2. The summed E-state index contributed by atoms with van der Waals surface area (Å²) in [6.45, 7) is 6.40. The molecule has 2 aromatic rings. The molecule has 0 radical (unpaired) electrons. The minimum absolute atomic E-state index is 0.0182. The van der Waals surface area contributed by atoms with Crippen molar-refractivity contribution in [2.45, 2.75) is 33.6 Å². The molecule has 1 atom stereocenters. The van der Waals surface area contributed by atoms with Crippen molar-refractivity contribution in [2.24, 2.45) is 5.92 Å². The van der Waals surface area contributed by atoms with Crippen molar-refractivity contribution < 1.29 is 9.59 Å². The first-order chi connectivity index (χ1) is 11.5. The normalized spacial score (nSPS) is 17.4. The molecule has 1 unspecified atom stereocenters. The van der Waals surface area contributed by atoms with E-state index in [9.17, 15) is 9.59 Å².